The monoisotopic (exact) mass is 531 g/mol. The average Bonchev–Trinajstić information content (AvgIpc) is 2.94. The van der Waals surface area contributed by atoms with Crippen molar-refractivity contribution in [3.63, 3.8) is 0 Å². The van der Waals surface area contributed by atoms with E-state index in [2.05, 4.69) is 25.3 Å². The predicted molar refractivity (Wildman–Crippen MR) is 121 cm³/mol. The summed E-state index contributed by atoms with van der Waals surface area (Å²) in [5.74, 6) is 0.556. The van der Waals surface area contributed by atoms with E-state index in [1.807, 2.05) is 13.8 Å². The molecule has 1 aliphatic rings. The van der Waals surface area contributed by atoms with E-state index >= 15 is 0 Å². The summed E-state index contributed by atoms with van der Waals surface area (Å²) in [4.78, 5) is 9.66. The number of aromatic nitrogens is 1. The minimum absolute atomic E-state index is 0. The minimum atomic E-state index is -3.34. The van der Waals surface area contributed by atoms with Crippen molar-refractivity contribution in [2.75, 3.05) is 32.5 Å². The Morgan fingerprint density at radius 1 is 1.33 bits per heavy atom. The summed E-state index contributed by atoms with van der Waals surface area (Å²) >= 11 is 1.64. The predicted octanol–water partition coefficient (Wildman–Crippen LogP) is 1.53. The van der Waals surface area contributed by atoms with E-state index in [-0.39, 0.29) is 42.4 Å². The maximum absolute atomic E-state index is 12.1. The second-order valence-electron chi connectivity index (χ2n) is 6.25. The highest BCUT2D eigenvalue weighted by atomic mass is 127. The minimum Gasteiger partial charge on any atom is -0.377 e. The number of ether oxygens (including phenoxy) is 1. The number of hydrogen-bond acceptors (Lipinski definition) is 6. The number of hydrogen-bond donors (Lipinski definition) is 3. The van der Waals surface area contributed by atoms with Crippen molar-refractivity contribution in [1.82, 2.24) is 20.3 Å². The second kappa shape index (κ2) is 12.1. The molecule has 1 aliphatic heterocycles. The molecule has 27 heavy (non-hydrogen) atoms. The Hall–Kier alpha value is -0.500. The van der Waals surface area contributed by atoms with Gasteiger partial charge in [0, 0.05) is 31.6 Å². The number of rotatable bonds is 8. The molecule has 0 aliphatic carbocycles. The Morgan fingerprint density at radius 3 is 2.70 bits per heavy atom. The number of aliphatic imine (C=N–C) groups is 1. The molecule has 0 bridgehead atoms. The lowest BCUT2D eigenvalue weighted by molar-refractivity contribution is 0.0200. The Morgan fingerprint density at radius 2 is 2.11 bits per heavy atom. The molecule has 1 aromatic rings. The van der Waals surface area contributed by atoms with Crippen LogP contribution in [0.1, 0.15) is 34.8 Å². The van der Waals surface area contributed by atoms with Gasteiger partial charge in [-0.05, 0) is 33.1 Å². The fraction of sp³-hybridized carbons (Fsp3) is 0.750. The van der Waals surface area contributed by atoms with Crippen molar-refractivity contribution in [3.8, 4) is 0 Å². The van der Waals surface area contributed by atoms with Gasteiger partial charge in [0.05, 0.1) is 29.1 Å². The van der Waals surface area contributed by atoms with Gasteiger partial charge < -0.3 is 15.4 Å². The zero-order valence-corrected chi connectivity index (χ0v) is 20.0. The van der Waals surface area contributed by atoms with Crippen molar-refractivity contribution in [1.29, 1.82) is 0 Å². The number of nitrogens with one attached hydrogen (secondary N) is 3. The molecule has 2 heterocycles. The summed E-state index contributed by atoms with van der Waals surface area (Å²) in [6.45, 7) is 5.91. The van der Waals surface area contributed by atoms with Crippen LogP contribution in [0.15, 0.2) is 4.99 Å². The lowest BCUT2D eigenvalue weighted by atomic mass is 10.1. The van der Waals surface area contributed by atoms with Gasteiger partial charge in [0.25, 0.3) is 0 Å². The fourth-order valence-electron chi connectivity index (χ4n) is 2.69. The van der Waals surface area contributed by atoms with E-state index in [0.29, 0.717) is 25.7 Å². The molecule has 156 valence electrons. The highest BCUT2D eigenvalue weighted by Gasteiger charge is 2.17. The van der Waals surface area contributed by atoms with Crippen LogP contribution in [0.4, 0.5) is 0 Å². The lowest BCUT2D eigenvalue weighted by Gasteiger charge is -2.22. The van der Waals surface area contributed by atoms with E-state index in [1.165, 1.54) is 0 Å². The molecule has 8 nitrogen and oxygen atoms in total. The van der Waals surface area contributed by atoms with Crippen LogP contribution in [0, 0.1) is 13.8 Å². The second-order valence-corrected chi connectivity index (χ2v) is 9.46. The van der Waals surface area contributed by atoms with Crippen LogP contribution in [0.25, 0.3) is 0 Å². The first kappa shape index (κ1) is 24.5. The maximum Gasteiger partial charge on any atom is 0.213 e. The summed E-state index contributed by atoms with van der Waals surface area (Å²) in [6, 6.07) is 0. The van der Waals surface area contributed by atoms with Crippen molar-refractivity contribution in [2.45, 2.75) is 45.8 Å². The first-order chi connectivity index (χ1) is 12.4. The molecular formula is C16H30IN5O3S2. The van der Waals surface area contributed by atoms with Crippen molar-refractivity contribution in [2.24, 2.45) is 4.99 Å². The smallest absolute Gasteiger partial charge is 0.213 e. The third kappa shape index (κ3) is 9.03. The molecule has 11 heteroatoms. The van der Waals surface area contributed by atoms with Gasteiger partial charge in [-0.3, -0.25) is 4.99 Å². The topological polar surface area (TPSA) is 105 Å². The molecule has 1 fully saturated rings. The molecule has 0 radical (unpaired) electrons. The van der Waals surface area contributed by atoms with E-state index in [4.69, 9.17) is 4.74 Å². The van der Waals surface area contributed by atoms with Crippen molar-refractivity contribution in [3.05, 3.63) is 15.6 Å². The van der Waals surface area contributed by atoms with E-state index in [0.717, 1.165) is 34.8 Å². The third-order valence-electron chi connectivity index (χ3n) is 4.11. The van der Waals surface area contributed by atoms with E-state index in [9.17, 15) is 8.42 Å². The summed E-state index contributed by atoms with van der Waals surface area (Å²) in [5.41, 5.74) is 1.01. The summed E-state index contributed by atoms with van der Waals surface area (Å²) in [7, 11) is -1.68. The lowest BCUT2D eigenvalue weighted by Crippen LogP contribution is -2.42. The van der Waals surface area contributed by atoms with Gasteiger partial charge >= 0.3 is 0 Å². The first-order valence-corrected chi connectivity index (χ1v) is 11.3. The molecule has 0 spiro atoms. The molecule has 0 amide bonds. The maximum atomic E-state index is 12.1. The van der Waals surface area contributed by atoms with Gasteiger partial charge in [0.2, 0.25) is 10.0 Å². The van der Waals surface area contributed by atoms with Gasteiger partial charge in [-0.2, -0.15) is 0 Å². The Labute approximate surface area is 183 Å². The van der Waals surface area contributed by atoms with Crippen LogP contribution in [-0.2, 0) is 21.3 Å². The molecule has 1 atom stereocenters. The summed E-state index contributed by atoms with van der Waals surface area (Å²) < 4.78 is 32.4. The number of guanidine groups is 1. The SMILES string of the molecule is CN=C(NCCS(=O)(=O)NCC1CCCCO1)NCc1sc(C)nc1C.I. The molecule has 0 saturated carbocycles. The highest BCUT2D eigenvalue weighted by molar-refractivity contribution is 14.0. The van der Waals surface area contributed by atoms with Gasteiger partial charge in [-0.1, -0.05) is 0 Å². The van der Waals surface area contributed by atoms with Crippen molar-refractivity contribution < 1.29 is 13.2 Å². The third-order valence-corrected chi connectivity index (χ3v) is 6.53. The normalized spacial score (nSPS) is 18.0. The summed E-state index contributed by atoms with van der Waals surface area (Å²) in [6.07, 6.45) is 3.05. The molecule has 1 aromatic heterocycles. The molecule has 1 saturated heterocycles. The number of aryl methyl sites for hydroxylation is 2. The van der Waals surface area contributed by atoms with Gasteiger partial charge in [0.1, 0.15) is 0 Å². The zero-order valence-electron chi connectivity index (χ0n) is 16.1. The fourth-order valence-corrected chi connectivity index (χ4v) is 4.52. The quantitative estimate of drug-likeness (QED) is 0.267. The zero-order chi connectivity index (χ0) is 19.0. The Balaban J connectivity index is 0.00000364. The van der Waals surface area contributed by atoms with E-state index < -0.39 is 10.0 Å². The number of sulfonamides is 1. The molecular weight excluding hydrogens is 501 g/mol. The first-order valence-electron chi connectivity index (χ1n) is 8.86. The van der Waals surface area contributed by atoms with Gasteiger partial charge in [0.15, 0.2) is 5.96 Å². The van der Waals surface area contributed by atoms with E-state index in [1.54, 1.807) is 18.4 Å². The molecule has 3 N–H and O–H groups in total. The Bertz CT molecular complexity index is 703. The number of thiazole rings is 1. The largest absolute Gasteiger partial charge is 0.377 e. The molecule has 2 rings (SSSR count). The Kier molecular flexibility index (Phi) is 11.0. The van der Waals surface area contributed by atoms with Crippen LogP contribution in [0.5, 0.6) is 0 Å². The molecule has 0 aromatic carbocycles. The standard InChI is InChI=1S/C16H29N5O3S2.HI/c1-12-15(25-13(2)21-12)11-19-16(17-3)18-7-9-26(22,23)20-10-14-6-4-5-8-24-14;/h14,20H,4-11H2,1-3H3,(H2,17,18,19);1H. The van der Waals surface area contributed by atoms with Gasteiger partial charge in [-0.25, -0.2) is 18.1 Å². The number of nitrogens with zero attached hydrogens (tertiary/aromatic N) is 2. The van der Waals surface area contributed by atoms with Crippen molar-refractivity contribution >= 4 is 51.3 Å². The highest BCUT2D eigenvalue weighted by Crippen LogP contribution is 2.16. The van der Waals surface area contributed by atoms with Crippen LogP contribution >= 0.6 is 35.3 Å². The van der Waals surface area contributed by atoms with Crippen LogP contribution in [0.3, 0.4) is 0 Å². The van der Waals surface area contributed by atoms with Crippen LogP contribution < -0.4 is 15.4 Å². The summed E-state index contributed by atoms with van der Waals surface area (Å²) in [5, 5.41) is 7.25. The van der Waals surface area contributed by atoms with Crippen LogP contribution in [-0.4, -0.2) is 58.0 Å². The van der Waals surface area contributed by atoms with Gasteiger partial charge in [-0.15, -0.1) is 35.3 Å². The molecule has 1 unspecified atom stereocenters. The number of halogens is 1. The average molecular weight is 531 g/mol. The van der Waals surface area contributed by atoms with Crippen LogP contribution in [0.2, 0.25) is 0 Å².